The van der Waals surface area contributed by atoms with Gasteiger partial charge in [0.2, 0.25) is 0 Å². The summed E-state index contributed by atoms with van der Waals surface area (Å²) in [6.45, 7) is 5.59. The van der Waals surface area contributed by atoms with Crippen LogP contribution in [0.2, 0.25) is 10.2 Å². The van der Waals surface area contributed by atoms with Crippen LogP contribution in [-0.2, 0) is 0 Å². The average molecular weight is 477 g/mol. The van der Waals surface area contributed by atoms with Crippen LogP contribution in [0.15, 0.2) is 42.7 Å². The summed E-state index contributed by atoms with van der Waals surface area (Å²) in [6.07, 6.45) is 2.28. The molecule has 2 aromatic heterocycles. The van der Waals surface area contributed by atoms with Gasteiger partial charge in [-0.05, 0) is 43.2 Å². The van der Waals surface area contributed by atoms with Crippen LogP contribution < -0.4 is 10.6 Å². The van der Waals surface area contributed by atoms with Gasteiger partial charge in [-0.15, -0.1) is 0 Å². The molecule has 0 aliphatic heterocycles. The number of carbonyl (C=O) groups excluding carboxylic acids is 1. The largest absolute Gasteiger partial charge is 0.392 e. The summed E-state index contributed by atoms with van der Waals surface area (Å²) in [5, 5.41) is 15.9. The molecule has 0 bridgehead atoms. The van der Waals surface area contributed by atoms with Crippen LogP contribution in [0.1, 0.15) is 42.6 Å². The number of aromatic nitrogens is 2. The van der Waals surface area contributed by atoms with Gasteiger partial charge in [0.15, 0.2) is 0 Å². The second kappa shape index (κ2) is 10.3. The molecule has 1 unspecified atom stereocenters. The molecule has 1 amide bonds. The maximum atomic E-state index is 14.5. The first kappa shape index (κ1) is 23.9. The Hall–Kier alpha value is -2.74. The van der Waals surface area contributed by atoms with Gasteiger partial charge in [-0.3, -0.25) is 9.78 Å². The number of nitrogens with zero attached hydrogens (tertiary/aromatic N) is 2. The zero-order valence-corrected chi connectivity index (χ0v) is 19.3. The Kier molecular flexibility index (Phi) is 7.66. The molecular formula is C23H23Cl2FN4O2. The Morgan fingerprint density at radius 1 is 1.16 bits per heavy atom. The van der Waals surface area contributed by atoms with E-state index in [9.17, 15) is 14.3 Å². The van der Waals surface area contributed by atoms with Crippen molar-refractivity contribution in [2.24, 2.45) is 0 Å². The van der Waals surface area contributed by atoms with E-state index in [1.54, 1.807) is 25.3 Å². The number of amides is 1. The van der Waals surface area contributed by atoms with E-state index >= 15 is 0 Å². The van der Waals surface area contributed by atoms with E-state index < -0.39 is 17.8 Å². The van der Waals surface area contributed by atoms with Crippen molar-refractivity contribution < 1.29 is 14.3 Å². The first-order valence-corrected chi connectivity index (χ1v) is 10.8. The molecule has 0 spiro atoms. The van der Waals surface area contributed by atoms with Crippen LogP contribution in [0.4, 0.5) is 15.8 Å². The second-order valence-electron chi connectivity index (χ2n) is 7.64. The molecule has 3 aromatic rings. The van der Waals surface area contributed by atoms with E-state index in [1.807, 2.05) is 13.8 Å². The van der Waals surface area contributed by atoms with Gasteiger partial charge >= 0.3 is 0 Å². The lowest BCUT2D eigenvalue weighted by molar-refractivity contribution is 0.0924. The number of aliphatic hydroxyl groups excluding tert-OH is 1. The van der Waals surface area contributed by atoms with Crippen LogP contribution in [0.3, 0.4) is 0 Å². The molecule has 0 aliphatic carbocycles. The van der Waals surface area contributed by atoms with Gasteiger partial charge in [-0.25, -0.2) is 9.37 Å². The molecule has 2 heterocycles. The number of carbonyl (C=O) groups is 1. The highest BCUT2D eigenvalue weighted by Crippen LogP contribution is 2.37. The predicted octanol–water partition coefficient (Wildman–Crippen LogP) is 5.57. The molecule has 3 rings (SSSR count). The number of hydrogen-bond donors (Lipinski definition) is 3. The molecular weight excluding hydrogens is 454 g/mol. The van der Waals surface area contributed by atoms with E-state index in [-0.39, 0.29) is 28.7 Å². The third-order valence-electron chi connectivity index (χ3n) is 4.69. The average Bonchev–Trinajstić information content (AvgIpc) is 2.73. The Balaban J connectivity index is 2.07. The minimum absolute atomic E-state index is 0.00916. The Morgan fingerprint density at radius 2 is 1.91 bits per heavy atom. The fourth-order valence-electron chi connectivity index (χ4n) is 3.17. The molecule has 0 aliphatic rings. The third kappa shape index (κ3) is 5.54. The summed E-state index contributed by atoms with van der Waals surface area (Å²) in [6, 6.07) is 7.53. The maximum absolute atomic E-state index is 14.5. The van der Waals surface area contributed by atoms with Crippen molar-refractivity contribution in [3.63, 3.8) is 0 Å². The van der Waals surface area contributed by atoms with Crippen molar-refractivity contribution >= 4 is 40.5 Å². The smallest absolute Gasteiger partial charge is 0.255 e. The van der Waals surface area contributed by atoms with Crippen LogP contribution in [0.5, 0.6) is 0 Å². The van der Waals surface area contributed by atoms with Crippen molar-refractivity contribution in [3.8, 4) is 11.3 Å². The van der Waals surface area contributed by atoms with Gasteiger partial charge < -0.3 is 15.7 Å². The quantitative estimate of drug-likeness (QED) is 0.388. The van der Waals surface area contributed by atoms with E-state index in [1.165, 1.54) is 24.4 Å². The molecule has 3 N–H and O–H groups in total. The molecule has 0 saturated heterocycles. The van der Waals surface area contributed by atoms with Crippen molar-refractivity contribution in [1.82, 2.24) is 15.3 Å². The maximum Gasteiger partial charge on any atom is 0.255 e. The topological polar surface area (TPSA) is 87.1 Å². The molecule has 6 nitrogen and oxygen atoms in total. The number of rotatable bonds is 7. The molecule has 32 heavy (non-hydrogen) atoms. The number of hydrogen-bond acceptors (Lipinski definition) is 5. The lowest BCUT2D eigenvalue weighted by Crippen LogP contribution is -2.31. The second-order valence-corrected chi connectivity index (χ2v) is 8.44. The first-order valence-electron chi connectivity index (χ1n) is 10.0. The van der Waals surface area contributed by atoms with Crippen LogP contribution in [0.25, 0.3) is 11.3 Å². The SMILES string of the molecule is CC(O)CNC(=O)c1cnccc1Nc1cc(-c2cc(Cl)ccc2F)nc(Cl)c1C(C)C. The van der Waals surface area contributed by atoms with Crippen LogP contribution in [-0.4, -0.2) is 33.6 Å². The van der Waals surface area contributed by atoms with Crippen molar-refractivity contribution in [1.29, 1.82) is 0 Å². The van der Waals surface area contributed by atoms with Crippen LogP contribution >= 0.6 is 23.2 Å². The molecule has 168 valence electrons. The van der Waals surface area contributed by atoms with Gasteiger partial charge in [0.25, 0.3) is 5.91 Å². The van der Waals surface area contributed by atoms with Gasteiger partial charge in [0.1, 0.15) is 11.0 Å². The van der Waals surface area contributed by atoms with E-state index in [0.29, 0.717) is 27.7 Å². The fraction of sp³-hybridized carbons (Fsp3) is 0.261. The highest BCUT2D eigenvalue weighted by molar-refractivity contribution is 6.31. The van der Waals surface area contributed by atoms with E-state index in [4.69, 9.17) is 23.2 Å². The summed E-state index contributed by atoms with van der Waals surface area (Å²) in [5.41, 5.74) is 2.56. The number of aliphatic hydroxyl groups is 1. The highest BCUT2D eigenvalue weighted by atomic mass is 35.5. The number of benzene rings is 1. The minimum atomic E-state index is -0.686. The predicted molar refractivity (Wildman–Crippen MR) is 125 cm³/mol. The zero-order chi connectivity index (χ0) is 23.4. The Bertz CT molecular complexity index is 1140. The zero-order valence-electron chi connectivity index (χ0n) is 17.8. The van der Waals surface area contributed by atoms with Crippen molar-refractivity contribution in [2.45, 2.75) is 32.8 Å². The lowest BCUT2D eigenvalue weighted by atomic mass is 10.0. The monoisotopic (exact) mass is 476 g/mol. The number of halogens is 3. The summed E-state index contributed by atoms with van der Waals surface area (Å²) >= 11 is 12.6. The van der Waals surface area contributed by atoms with Gasteiger partial charge in [-0.2, -0.15) is 0 Å². The van der Waals surface area contributed by atoms with Gasteiger partial charge in [0, 0.05) is 40.8 Å². The number of pyridine rings is 2. The minimum Gasteiger partial charge on any atom is -0.392 e. The highest BCUT2D eigenvalue weighted by Gasteiger charge is 2.20. The van der Waals surface area contributed by atoms with E-state index in [2.05, 4.69) is 20.6 Å². The normalized spacial score (nSPS) is 12.0. The Morgan fingerprint density at radius 3 is 2.59 bits per heavy atom. The fourth-order valence-corrected chi connectivity index (χ4v) is 3.76. The van der Waals surface area contributed by atoms with Crippen LogP contribution in [0, 0.1) is 5.82 Å². The molecule has 1 aromatic carbocycles. The standard InChI is InChI=1S/C23H23Cl2FN4O2/c1-12(2)21-20(9-19(30-22(21)25)15-8-14(24)4-5-17(15)26)29-18-6-7-27-11-16(18)23(32)28-10-13(3)31/h4-9,11-13,31H,10H2,1-3H3,(H,28,32)(H,27,29,30). The molecule has 1 atom stereocenters. The molecule has 0 fully saturated rings. The number of anilines is 2. The van der Waals surface area contributed by atoms with Gasteiger partial charge in [0.05, 0.1) is 23.0 Å². The van der Waals surface area contributed by atoms with Crippen molar-refractivity contribution in [2.75, 3.05) is 11.9 Å². The Labute approximate surface area is 195 Å². The molecule has 0 saturated carbocycles. The summed E-state index contributed by atoms with van der Waals surface area (Å²) in [7, 11) is 0. The first-order chi connectivity index (χ1) is 15.2. The van der Waals surface area contributed by atoms with E-state index in [0.717, 1.165) is 0 Å². The summed E-state index contributed by atoms with van der Waals surface area (Å²) in [4.78, 5) is 21.0. The molecule has 0 radical (unpaired) electrons. The summed E-state index contributed by atoms with van der Waals surface area (Å²) < 4.78 is 14.5. The lowest BCUT2D eigenvalue weighted by Gasteiger charge is -2.19. The van der Waals surface area contributed by atoms with Gasteiger partial charge in [-0.1, -0.05) is 37.0 Å². The molecule has 9 heteroatoms. The number of nitrogens with one attached hydrogen (secondary N) is 2. The third-order valence-corrected chi connectivity index (χ3v) is 5.21. The van der Waals surface area contributed by atoms with Crippen molar-refractivity contribution in [3.05, 3.63) is 69.8 Å². The summed E-state index contributed by atoms with van der Waals surface area (Å²) in [5.74, 6) is -0.887.